The molecule has 3 aromatic rings. The number of ether oxygens (including phenoxy) is 1. The van der Waals surface area contributed by atoms with Crippen LogP contribution >= 0.6 is 0 Å². The van der Waals surface area contributed by atoms with Crippen LogP contribution in [0.1, 0.15) is 22.8 Å². The van der Waals surface area contributed by atoms with Crippen molar-refractivity contribution in [1.82, 2.24) is 15.0 Å². The molecule has 2 N–H and O–H groups in total. The average Bonchev–Trinajstić information content (AvgIpc) is 3.11. The van der Waals surface area contributed by atoms with Crippen LogP contribution < -0.4 is 5.32 Å². The normalized spacial score (nSPS) is 10.6. The number of H-pyrrole nitrogens is 1. The number of aromatic nitrogens is 3. The highest BCUT2D eigenvalue weighted by atomic mass is 16.5. The van der Waals surface area contributed by atoms with Gasteiger partial charge in [0.05, 0.1) is 23.3 Å². The number of hydrogen-bond donors (Lipinski definition) is 2. The van der Waals surface area contributed by atoms with Crippen LogP contribution in [0.25, 0.3) is 22.3 Å². The molecule has 0 bridgehead atoms. The van der Waals surface area contributed by atoms with Crippen molar-refractivity contribution in [3.05, 3.63) is 54.0 Å². The first kappa shape index (κ1) is 18.3. The predicted octanol–water partition coefficient (Wildman–Crippen LogP) is 3.28. The molecule has 0 saturated carbocycles. The molecule has 138 valence electrons. The monoisotopic (exact) mass is 364 g/mol. The van der Waals surface area contributed by atoms with Crippen LogP contribution in [0.2, 0.25) is 0 Å². The maximum Gasteiger partial charge on any atom is 0.340 e. The quantitative estimate of drug-likeness (QED) is 0.379. The minimum absolute atomic E-state index is 0.285. The highest BCUT2D eigenvalue weighted by Gasteiger charge is 2.20. The summed E-state index contributed by atoms with van der Waals surface area (Å²) in [5.41, 5.74) is 4.71. The van der Waals surface area contributed by atoms with E-state index >= 15 is 0 Å². The smallest absolute Gasteiger partial charge is 0.340 e. The highest BCUT2D eigenvalue weighted by Crippen LogP contribution is 2.33. The third-order valence-corrected chi connectivity index (χ3v) is 4.23. The molecule has 0 unspecified atom stereocenters. The molecule has 0 amide bonds. The third-order valence-electron chi connectivity index (χ3n) is 4.23. The summed E-state index contributed by atoms with van der Waals surface area (Å²) in [5, 5.41) is 3.82. The van der Waals surface area contributed by atoms with Crippen molar-refractivity contribution in [3.8, 4) is 11.3 Å². The Bertz CT molecular complexity index is 1020. The van der Waals surface area contributed by atoms with Gasteiger partial charge in [-0.2, -0.15) is 0 Å². The van der Waals surface area contributed by atoms with Gasteiger partial charge in [-0.25, -0.2) is 14.8 Å². The summed E-state index contributed by atoms with van der Waals surface area (Å²) in [6.07, 6.45) is 3.77. The van der Waals surface area contributed by atoms with Gasteiger partial charge in [-0.3, -0.25) is 4.79 Å². The zero-order valence-corrected chi connectivity index (χ0v) is 15.2. The van der Waals surface area contributed by atoms with E-state index in [1.54, 1.807) is 13.1 Å². The van der Waals surface area contributed by atoms with Crippen molar-refractivity contribution >= 4 is 29.0 Å². The number of nitrogens with one attached hydrogen (secondary N) is 2. The lowest BCUT2D eigenvalue weighted by atomic mass is 10.00. The van der Waals surface area contributed by atoms with Crippen LogP contribution in [0.3, 0.4) is 0 Å². The van der Waals surface area contributed by atoms with Crippen LogP contribution in [0, 0.1) is 6.92 Å². The molecule has 0 aliphatic rings. The van der Waals surface area contributed by atoms with Gasteiger partial charge in [0, 0.05) is 29.6 Å². The van der Waals surface area contributed by atoms with Crippen molar-refractivity contribution in [3.63, 3.8) is 0 Å². The van der Waals surface area contributed by atoms with Gasteiger partial charge in [0.1, 0.15) is 18.3 Å². The van der Waals surface area contributed by atoms with Crippen molar-refractivity contribution in [2.24, 2.45) is 0 Å². The number of carbonyl (C=O) groups is 2. The number of anilines is 1. The Morgan fingerprint density at radius 1 is 1.37 bits per heavy atom. The lowest BCUT2D eigenvalue weighted by Gasteiger charge is -2.13. The van der Waals surface area contributed by atoms with Gasteiger partial charge < -0.3 is 15.0 Å². The van der Waals surface area contributed by atoms with Gasteiger partial charge in [0.15, 0.2) is 0 Å². The summed E-state index contributed by atoms with van der Waals surface area (Å²) in [4.78, 5) is 34.7. The van der Waals surface area contributed by atoms with Crippen molar-refractivity contribution in [1.29, 1.82) is 0 Å². The van der Waals surface area contributed by atoms with E-state index in [2.05, 4.69) is 26.8 Å². The standard InChI is InChI=1S/C20H20N4O3/c1-4-27-20(26)15-9-22-19-17(15)18(23-11-24-19)14-6-5-7-16(13(14)3)21-8-12(2)10-25/h5-7,9-11,21H,2,4,8H2,1,3H3,(H,22,23,24). The van der Waals surface area contributed by atoms with Crippen molar-refractivity contribution in [2.75, 3.05) is 18.5 Å². The fourth-order valence-corrected chi connectivity index (χ4v) is 2.87. The second-order valence-electron chi connectivity index (χ2n) is 5.98. The SMILES string of the molecule is C=C(C=O)CNc1cccc(-c2ncnc3[nH]cc(C(=O)OCC)c23)c1C. The summed E-state index contributed by atoms with van der Waals surface area (Å²) in [6, 6.07) is 5.73. The van der Waals surface area contributed by atoms with Gasteiger partial charge >= 0.3 is 5.97 Å². The Morgan fingerprint density at radius 3 is 2.93 bits per heavy atom. The minimum Gasteiger partial charge on any atom is -0.462 e. The van der Waals surface area contributed by atoms with Crippen molar-refractivity contribution < 1.29 is 14.3 Å². The molecule has 2 heterocycles. The van der Waals surface area contributed by atoms with E-state index in [1.165, 1.54) is 6.33 Å². The largest absolute Gasteiger partial charge is 0.462 e. The van der Waals surface area contributed by atoms with E-state index in [1.807, 2.05) is 25.1 Å². The number of aldehydes is 1. The van der Waals surface area contributed by atoms with Crippen molar-refractivity contribution in [2.45, 2.75) is 13.8 Å². The minimum atomic E-state index is -0.422. The Kier molecular flexibility index (Phi) is 5.30. The van der Waals surface area contributed by atoms with Crippen LogP contribution in [0.4, 0.5) is 5.69 Å². The maximum atomic E-state index is 12.3. The summed E-state index contributed by atoms with van der Waals surface area (Å²) in [6.45, 7) is 8.02. The van der Waals surface area contributed by atoms with E-state index in [9.17, 15) is 9.59 Å². The molecule has 0 aliphatic heterocycles. The average molecular weight is 364 g/mol. The molecular formula is C20H20N4O3. The molecule has 0 aliphatic carbocycles. The zero-order chi connectivity index (χ0) is 19.4. The zero-order valence-electron chi connectivity index (χ0n) is 15.2. The number of rotatable bonds is 7. The van der Waals surface area contributed by atoms with E-state index in [4.69, 9.17) is 4.74 Å². The Balaban J connectivity index is 2.10. The summed E-state index contributed by atoms with van der Waals surface area (Å²) in [5.74, 6) is -0.422. The van der Waals surface area contributed by atoms with Gasteiger partial charge in [-0.15, -0.1) is 0 Å². The molecule has 7 nitrogen and oxygen atoms in total. The highest BCUT2D eigenvalue weighted by molar-refractivity contribution is 6.08. The Morgan fingerprint density at radius 2 is 2.19 bits per heavy atom. The number of esters is 1. The first-order chi connectivity index (χ1) is 13.1. The van der Waals surface area contributed by atoms with Crippen LogP contribution in [0.15, 0.2) is 42.9 Å². The molecule has 27 heavy (non-hydrogen) atoms. The summed E-state index contributed by atoms with van der Waals surface area (Å²) < 4.78 is 5.15. The molecule has 0 fully saturated rings. The molecule has 2 aromatic heterocycles. The lowest BCUT2D eigenvalue weighted by molar-refractivity contribution is -0.104. The maximum absolute atomic E-state index is 12.3. The summed E-state index contributed by atoms with van der Waals surface area (Å²) in [7, 11) is 0. The number of fused-ring (bicyclic) bond motifs is 1. The second kappa shape index (κ2) is 7.82. The molecule has 0 radical (unpaired) electrons. The van der Waals surface area contributed by atoms with Gasteiger partial charge in [-0.1, -0.05) is 18.7 Å². The van der Waals surface area contributed by atoms with Gasteiger partial charge in [0.25, 0.3) is 0 Å². The Labute approximate surface area is 156 Å². The molecular weight excluding hydrogens is 344 g/mol. The number of hydrogen-bond acceptors (Lipinski definition) is 6. The van der Waals surface area contributed by atoms with Crippen LogP contribution in [0.5, 0.6) is 0 Å². The molecule has 0 atom stereocenters. The van der Waals surface area contributed by atoms with E-state index < -0.39 is 5.97 Å². The second-order valence-corrected chi connectivity index (χ2v) is 5.98. The van der Waals surface area contributed by atoms with Gasteiger partial charge in [-0.05, 0) is 25.5 Å². The molecule has 3 rings (SSSR count). The number of aromatic amines is 1. The number of carbonyl (C=O) groups excluding carboxylic acids is 2. The summed E-state index contributed by atoms with van der Waals surface area (Å²) >= 11 is 0. The first-order valence-corrected chi connectivity index (χ1v) is 8.52. The number of nitrogens with zero attached hydrogens (tertiary/aromatic N) is 2. The Hall–Kier alpha value is -3.48. The fourth-order valence-electron chi connectivity index (χ4n) is 2.87. The van der Waals surface area contributed by atoms with E-state index in [0.717, 1.165) is 23.1 Å². The molecule has 1 aromatic carbocycles. The molecule has 0 saturated heterocycles. The topological polar surface area (TPSA) is 97.0 Å². The van der Waals surface area contributed by atoms with Crippen LogP contribution in [-0.4, -0.2) is 40.4 Å². The third kappa shape index (κ3) is 3.57. The van der Waals surface area contributed by atoms with Crippen LogP contribution in [-0.2, 0) is 9.53 Å². The van der Waals surface area contributed by atoms with Gasteiger partial charge in [0.2, 0.25) is 0 Å². The predicted molar refractivity (Wildman–Crippen MR) is 104 cm³/mol. The van der Waals surface area contributed by atoms with E-state index in [-0.39, 0.29) is 6.61 Å². The lowest BCUT2D eigenvalue weighted by Crippen LogP contribution is -2.07. The first-order valence-electron chi connectivity index (χ1n) is 8.52. The van der Waals surface area contributed by atoms with E-state index in [0.29, 0.717) is 34.4 Å². The molecule has 0 spiro atoms. The fraction of sp³-hybridized carbons (Fsp3) is 0.200. The number of benzene rings is 1. The molecule has 7 heteroatoms.